The van der Waals surface area contributed by atoms with Gasteiger partial charge in [0.05, 0.1) is 19.4 Å². The van der Waals surface area contributed by atoms with Gasteiger partial charge in [-0.2, -0.15) is 10.2 Å². The number of para-hydroxylation sites is 1. The van der Waals surface area contributed by atoms with Crippen LogP contribution in [0.25, 0.3) is 11.7 Å². The molecule has 1 unspecified atom stereocenters. The smallest absolute Gasteiger partial charge is 0.266 e. The molecule has 1 fully saturated rings. The number of furan rings is 1. The second kappa shape index (κ2) is 8.96. The van der Waals surface area contributed by atoms with Gasteiger partial charge >= 0.3 is 0 Å². The van der Waals surface area contributed by atoms with Crippen LogP contribution >= 0.6 is 0 Å². The predicted octanol–water partition coefficient (Wildman–Crippen LogP) is 3.91. The molecule has 3 aromatic rings. The number of rotatable bonds is 6. The first-order chi connectivity index (χ1) is 15.1. The van der Waals surface area contributed by atoms with Crippen molar-refractivity contribution in [2.45, 2.75) is 25.8 Å². The summed E-state index contributed by atoms with van der Waals surface area (Å²) in [5.41, 5.74) is 1.17. The van der Waals surface area contributed by atoms with Crippen LogP contribution in [0.15, 0.2) is 51.5 Å². The molecule has 160 valence electrons. The fourth-order valence-corrected chi connectivity index (χ4v) is 3.88. The number of carbonyl (C=O) groups excluding carboxylic acids is 1. The van der Waals surface area contributed by atoms with Crippen molar-refractivity contribution in [2.24, 2.45) is 5.92 Å². The number of amides is 1. The van der Waals surface area contributed by atoms with Crippen LogP contribution in [0.3, 0.4) is 0 Å². The lowest BCUT2D eigenvalue weighted by molar-refractivity contribution is -0.126. The number of nitriles is 1. The van der Waals surface area contributed by atoms with Crippen LogP contribution < -0.4 is 15.0 Å². The number of nitrogens with zero attached hydrogens (tertiary/aromatic N) is 3. The van der Waals surface area contributed by atoms with Crippen molar-refractivity contribution >= 4 is 11.8 Å². The molecular formula is C23H24N4O4. The highest BCUT2D eigenvalue weighted by atomic mass is 16.5. The molecule has 0 radical (unpaired) electrons. The molecule has 0 spiro atoms. The first kappa shape index (κ1) is 20.5. The van der Waals surface area contributed by atoms with E-state index in [4.69, 9.17) is 13.6 Å². The molecule has 0 aliphatic carbocycles. The van der Waals surface area contributed by atoms with E-state index in [2.05, 4.69) is 16.4 Å². The lowest BCUT2D eigenvalue weighted by Crippen LogP contribution is -2.41. The monoisotopic (exact) mass is 420 g/mol. The second-order valence-electron chi connectivity index (χ2n) is 7.50. The van der Waals surface area contributed by atoms with E-state index < -0.39 is 0 Å². The Labute approximate surface area is 180 Å². The lowest BCUT2D eigenvalue weighted by Gasteiger charge is -2.31. The second-order valence-corrected chi connectivity index (χ2v) is 7.50. The van der Waals surface area contributed by atoms with Crippen LogP contribution in [0.5, 0.6) is 5.75 Å². The van der Waals surface area contributed by atoms with Crippen LogP contribution in [0, 0.1) is 17.2 Å². The fraction of sp³-hybridized carbons (Fsp3) is 0.348. The molecule has 1 atom stereocenters. The highest BCUT2D eigenvalue weighted by Crippen LogP contribution is 2.32. The Morgan fingerprint density at radius 3 is 2.74 bits per heavy atom. The Hall–Kier alpha value is -3.73. The van der Waals surface area contributed by atoms with E-state index in [9.17, 15) is 10.1 Å². The average Bonchev–Trinajstić information content (AvgIpc) is 3.49. The van der Waals surface area contributed by atoms with E-state index in [0.717, 1.165) is 11.3 Å². The summed E-state index contributed by atoms with van der Waals surface area (Å²) in [6.07, 6.45) is 2.85. The third-order valence-electron chi connectivity index (χ3n) is 5.56. The Morgan fingerprint density at radius 1 is 1.29 bits per heavy atom. The van der Waals surface area contributed by atoms with Crippen LogP contribution in [-0.4, -0.2) is 31.1 Å². The maximum atomic E-state index is 12.8. The number of nitrogens with one attached hydrogen (secondary N) is 1. The van der Waals surface area contributed by atoms with Crippen molar-refractivity contribution in [3.8, 4) is 23.5 Å². The van der Waals surface area contributed by atoms with Gasteiger partial charge in [0.1, 0.15) is 11.8 Å². The quantitative estimate of drug-likeness (QED) is 0.645. The number of carbonyl (C=O) groups is 1. The van der Waals surface area contributed by atoms with Crippen molar-refractivity contribution in [1.82, 2.24) is 10.3 Å². The molecule has 31 heavy (non-hydrogen) atoms. The van der Waals surface area contributed by atoms with Gasteiger partial charge in [-0.05, 0) is 38.0 Å². The van der Waals surface area contributed by atoms with Gasteiger partial charge in [-0.1, -0.05) is 18.2 Å². The number of methoxy groups -OCH3 is 1. The van der Waals surface area contributed by atoms with Gasteiger partial charge in [-0.3, -0.25) is 4.79 Å². The van der Waals surface area contributed by atoms with Crippen molar-refractivity contribution in [3.63, 3.8) is 0 Å². The molecule has 3 heterocycles. The normalized spacial score (nSPS) is 15.3. The zero-order valence-electron chi connectivity index (χ0n) is 17.5. The van der Waals surface area contributed by atoms with Gasteiger partial charge in [0, 0.05) is 24.6 Å². The van der Waals surface area contributed by atoms with Crippen LogP contribution in [0.4, 0.5) is 5.88 Å². The number of aromatic nitrogens is 1. The molecule has 1 aliphatic heterocycles. The number of anilines is 1. The van der Waals surface area contributed by atoms with E-state index in [1.54, 1.807) is 19.2 Å². The Balaban J connectivity index is 1.39. The summed E-state index contributed by atoms with van der Waals surface area (Å²) in [4.78, 5) is 19.0. The highest BCUT2D eigenvalue weighted by molar-refractivity contribution is 5.79. The number of benzene rings is 1. The molecule has 4 rings (SSSR count). The molecule has 1 amide bonds. The van der Waals surface area contributed by atoms with Gasteiger partial charge in [0.15, 0.2) is 5.76 Å². The van der Waals surface area contributed by atoms with Crippen molar-refractivity contribution in [3.05, 3.63) is 53.9 Å². The number of hydrogen-bond acceptors (Lipinski definition) is 7. The summed E-state index contributed by atoms with van der Waals surface area (Å²) < 4.78 is 16.5. The van der Waals surface area contributed by atoms with Crippen LogP contribution in [0.2, 0.25) is 0 Å². The molecule has 1 N–H and O–H groups in total. The Bertz CT molecular complexity index is 1080. The standard InChI is InChI=1S/C23H24N4O4/c1-15(17-6-3-4-7-19(17)29-2)25-21(28)16-9-11-27(12-10-16)23-18(14-24)26-22(31-23)20-8-5-13-30-20/h3-8,13,15-16H,9-12H2,1-2H3,(H,25,28). The summed E-state index contributed by atoms with van der Waals surface area (Å²) in [5.74, 6) is 1.85. The summed E-state index contributed by atoms with van der Waals surface area (Å²) >= 11 is 0. The highest BCUT2D eigenvalue weighted by Gasteiger charge is 2.30. The molecular weight excluding hydrogens is 396 g/mol. The largest absolute Gasteiger partial charge is 0.496 e. The zero-order valence-corrected chi connectivity index (χ0v) is 17.5. The van der Waals surface area contributed by atoms with Gasteiger partial charge in [0.25, 0.3) is 5.89 Å². The summed E-state index contributed by atoms with van der Waals surface area (Å²) in [6.45, 7) is 3.15. The van der Waals surface area contributed by atoms with Crippen LogP contribution in [0.1, 0.15) is 37.1 Å². The van der Waals surface area contributed by atoms with E-state index in [1.165, 1.54) is 6.26 Å². The fourth-order valence-electron chi connectivity index (χ4n) is 3.88. The molecule has 1 aliphatic rings. The first-order valence-electron chi connectivity index (χ1n) is 10.2. The molecule has 8 nitrogen and oxygen atoms in total. The topological polar surface area (TPSA) is 105 Å². The summed E-state index contributed by atoms with van der Waals surface area (Å²) in [6, 6.07) is 13.1. The van der Waals surface area contributed by atoms with E-state index in [1.807, 2.05) is 36.1 Å². The van der Waals surface area contributed by atoms with Gasteiger partial charge in [-0.25, -0.2) is 0 Å². The minimum absolute atomic E-state index is 0.0207. The maximum Gasteiger partial charge on any atom is 0.266 e. The Kier molecular flexibility index (Phi) is 5.94. The van der Waals surface area contributed by atoms with Gasteiger partial charge in [0.2, 0.25) is 17.5 Å². The van der Waals surface area contributed by atoms with Crippen LogP contribution in [-0.2, 0) is 4.79 Å². The minimum atomic E-state index is -0.156. The van der Waals surface area contributed by atoms with Crippen molar-refractivity contribution in [2.75, 3.05) is 25.1 Å². The third-order valence-corrected chi connectivity index (χ3v) is 5.56. The van der Waals surface area contributed by atoms with E-state index >= 15 is 0 Å². The van der Waals surface area contributed by atoms with Crippen molar-refractivity contribution in [1.29, 1.82) is 5.26 Å². The zero-order chi connectivity index (χ0) is 21.8. The van der Waals surface area contributed by atoms with Gasteiger partial charge in [-0.15, -0.1) is 0 Å². The number of hydrogen-bond donors (Lipinski definition) is 1. The third kappa shape index (κ3) is 4.26. The average molecular weight is 420 g/mol. The van der Waals surface area contributed by atoms with E-state index in [-0.39, 0.29) is 29.5 Å². The van der Waals surface area contributed by atoms with E-state index in [0.29, 0.717) is 37.6 Å². The summed E-state index contributed by atoms with van der Waals surface area (Å²) in [5, 5.41) is 12.5. The van der Waals surface area contributed by atoms with Gasteiger partial charge < -0.3 is 23.8 Å². The SMILES string of the molecule is COc1ccccc1C(C)NC(=O)C1CCN(c2oc(-c3ccco3)nc2C#N)CC1. The molecule has 8 heteroatoms. The number of oxazole rings is 1. The molecule has 0 saturated carbocycles. The molecule has 1 saturated heterocycles. The van der Waals surface area contributed by atoms with Crippen molar-refractivity contribution < 1.29 is 18.4 Å². The lowest BCUT2D eigenvalue weighted by atomic mass is 9.95. The number of ether oxygens (including phenoxy) is 1. The predicted molar refractivity (Wildman–Crippen MR) is 113 cm³/mol. The molecule has 0 bridgehead atoms. The number of piperidine rings is 1. The summed E-state index contributed by atoms with van der Waals surface area (Å²) in [7, 11) is 1.62. The molecule has 2 aromatic heterocycles. The maximum absolute atomic E-state index is 12.8. The first-order valence-corrected chi connectivity index (χ1v) is 10.2. The molecule has 1 aromatic carbocycles. The Morgan fingerprint density at radius 2 is 2.06 bits per heavy atom. The minimum Gasteiger partial charge on any atom is -0.496 e.